The van der Waals surface area contributed by atoms with E-state index >= 15 is 0 Å². The normalized spacial score (nSPS) is 12.6. The van der Waals surface area contributed by atoms with Crippen molar-refractivity contribution in [3.05, 3.63) is 18.5 Å². The molecule has 0 saturated carbocycles. The number of nitrogen functional groups attached to an aromatic ring is 1. The van der Waals surface area contributed by atoms with Gasteiger partial charge in [-0.2, -0.15) is 0 Å². The summed E-state index contributed by atoms with van der Waals surface area (Å²) in [7, 11) is 3.99. The van der Waals surface area contributed by atoms with Crippen LogP contribution in [0.4, 0.5) is 16.3 Å². The van der Waals surface area contributed by atoms with Crippen LogP contribution in [0.5, 0.6) is 11.5 Å². The number of benzene rings is 1. The summed E-state index contributed by atoms with van der Waals surface area (Å²) in [6, 6.07) is 3.98. The maximum atomic E-state index is 11.7. The highest BCUT2D eigenvalue weighted by molar-refractivity contribution is 7.99. The van der Waals surface area contributed by atoms with Gasteiger partial charge in [-0.05, 0) is 51.9 Å². The number of nitrogens with zero attached hydrogens (tertiary/aromatic N) is 5. The number of imidazole rings is 1. The lowest BCUT2D eigenvalue weighted by atomic mass is 10.2. The lowest BCUT2D eigenvalue weighted by Crippen LogP contribution is -2.33. The van der Waals surface area contributed by atoms with Crippen LogP contribution in [0.25, 0.3) is 11.2 Å². The van der Waals surface area contributed by atoms with Crippen LogP contribution < -0.4 is 30.7 Å². The first kappa shape index (κ1) is 29.5. The molecule has 1 amide bonds. The molecule has 1 aromatic carbocycles. The number of nitrogens with two attached hydrogens (primary N) is 1. The maximum Gasteiger partial charge on any atom is 0.407 e. The maximum absolute atomic E-state index is 11.7. The Morgan fingerprint density at radius 1 is 1.10 bits per heavy atom. The van der Waals surface area contributed by atoms with Crippen molar-refractivity contribution in [1.82, 2.24) is 30.2 Å². The van der Waals surface area contributed by atoms with E-state index in [1.165, 1.54) is 18.1 Å². The number of anilines is 2. The zero-order chi connectivity index (χ0) is 28.7. The predicted molar refractivity (Wildman–Crippen MR) is 156 cm³/mol. The molecule has 0 aliphatic carbocycles. The Kier molecular flexibility index (Phi) is 9.80. The molecule has 40 heavy (non-hydrogen) atoms. The molecule has 4 N–H and O–H groups in total. The minimum atomic E-state index is -0.473. The predicted octanol–water partition coefficient (Wildman–Crippen LogP) is 4.03. The van der Waals surface area contributed by atoms with Crippen LogP contribution >= 0.6 is 11.8 Å². The van der Waals surface area contributed by atoms with E-state index in [4.69, 9.17) is 24.9 Å². The molecule has 1 aliphatic heterocycles. The molecule has 218 valence electrons. The van der Waals surface area contributed by atoms with E-state index in [1.54, 1.807) is 0 Å². The first-order valence-corrected chi connectivity index (χ1v) is 14.4. The fraction of sp³-hybridized carbons (Fsp3) is 0.556. The van der Waals surface area contributed by atoms with Gasteiger partial charge in [0.2, 0.25) is 6.79 Å². The first-order chi connectivity index (χ1) is 19.1. The number of carbonyl (C=O) groups is 1. The van der Waals surface area contributed by atoms with Crippen molar-refractivity contribution < 1.29 is 19.0 Å². The molecule has 0 fully saturated rings. The molecule has 0 radical (unpaired) electrons. The number of ether oxygens (including phenoxy) is 3. The van der Waals surface area contributed by atoms with E-state index in [9.17, 15) is 4.79 Å². The van der Waals surface area contributed by atoms with Gasteiger partial charge in [0, 0.05) is 50.8 Å². The van der Waals surface area contributed by atoms with Gasteiger partial charge in [-0.1, -0.05) is 12.8 Å². The largest absolute Gasteiger partial charge is 0.454 e. The quantitative estimate of drug-likeness (QED) is 0.256. The average molecular weight is 573 g/mol. The molecule has 0 unspecified atom stereocenters. The van der Waals surface area contributed by atoms with Crippen LogP contribution in [0.2, 0.25) is 0 Å². The molecule has 0 atom stereocenters. The first-order valence-electron chi connectivity index (χ1n) is 13.6. The van der Waals surface area contributed by atoms with Gasteiger partial charge >= 0.3 is 6.09 Å². The Labute approximate surface area is 239 Å². The number of nitrogens with one attached hydrogen (secondary N) is 2. The molecule has 13 heteroatoms. The third-order valence-corrected chi connectivity index (χ3v) is 7.16. The second-order valence-corrected chi connectivity index (χ2v) is 11.7. The van der Waals surface area contributed by atoms with E-state index in [-0.39, 0.29) is 12.9 Å². The molecular formula is C27H40N8O4S. The summed E-state index contributed by atoms with van der Waals surface area (Å²) in [5.74, 6) is 1.82. The topological polar surface area (TPSA) is 142 Å². The Morgan fingerprint density at radius 2 is 1.82 bits per heavy atom. The van der Waals surface area contributed by atoms with Gasteiger partial charge in [0.25, 0.3) is 0 Å². The van der Waals surface area contributed by atoms with E-state index < -0.39 is 5.60 Å². The zero-order valence-electron chi connectivity index (χ0n) is 24.0. The summed E-state index contributed by atoms with van der Waals surface area (Å²) in [5, 5.41) is 7.11. The smallest absolute Gasteiger partial charge is 0.407 e. The molecule has 0 saturated heterocycles. The number of rotatable bonds is 13. The Balaban J connectivity index is 1.30. The number of alkyl carbamates (subject to hydrolysis) is 1. The fourth-order valence-corrected chi connectivity index (χ4v) is 5.34. The van der Waals surface area contributed by atoms with Gasteiger partial charge in [-0.25, -0.2) is 19.7 Å². The van der Waals surface area contributed by atoms with Gasteiger partial charge in [0.05, 0.1) is 5.69 Å². The highest BCUT2D eigenvalue weighted by atomic mass is 32.2. The van der Waals surface area contributed by atoms with E-state index in [2.05, 4.69) is 25.2 Å². The molecule has 3 heterocycles. The van der Waals surface area contributed by atoms with Crippen molar-refractivity contribution in [2.75, 3.05) is 51.2 Å². The van der Waals surface area contributed by atoms with Gasteiger partial charge < -0.3 is 40.0 Å². The third kappa shape index (κ3) is 7.81. The number of fused-ring (bicyclic) bond motifs is 2. The van der Waals surface area contributed by atoms with Crippen LogP contribution in [0.3, 0.4) is 0 Å². The van der Waals surface area contributed by atoms with Gasteiger partial charge in [-0.3, -0.25) is 0 Å². The number of aromatic nitrogens is 4. The van der Waals surface area contributed by atoms with Crippen LogP contribution in [0.15, 0.2) is 28.5 Å². The Bertz CT molecular complexity index is 1310. The van der Waals surface area contributed by atoms with Crippen molar-refractivity contribution in [2.45, 2.75) is 68.7 Å². The number of unbranched alkanes of at least 4 members (excludes halogenated alkanes) is 3. The van der Waals surface area contributed by atoms with Crippen molar-refractivity contribution in [1.29, 1.82) is 0 Å². The summed E-state index contributed by atoms with van der Waals surface area (Å²) in [6.45, 7) is 8.75. The molecule has 0 bridgehead atoms. The summed E-state index contributed by atoms with van der Waals surface area (Å²) in [6.07, 6.45) is 5.22. The van der Waals surface area contributed by atoms with E-state index in [0.717, 1.165) is 66.0 Å². The van der Waals surface area contributed by atoms with Gasteiger partial charge in [-0.15, -0.1) is 0 Å². The standard InChI is InChI=1S/C27H40N8O4S/c1-27(2,3)39-26(36)30-11-9-7-6-8-10-29-12-13-35-24-22(23(28)31-16-32-24)33-25(35)40-21-15-20-19(37-17-38-20)14-18(21)34(4)5/h14-16,29H,6-13,17H2,1-5H3,(H,30,36)(H2,28,31,32). The molecule has 4 rings (SSSR count). The van der Waals surface area contributed by atoms with E-state index in [1.807, 2.05) is 51.9 Å². The van der Waals surface area contributed by atoms with Gasteiger partial charge in [0.15, 0.2) is 33.6 Å². The zero-order valence-corrected chi connectivity index (χ0v) is 24.8. The SMILES string of the molecule is CN(C)c1cc2c(cc1Sc1nc3c(N)ncnc3n1CCNCCCCCCNC(=O)OC(C)(C)C)OCO2. The Morgan fingerprint density at radius 3 is 2.55 bits per heavy atom. The summed E-state index contributed by atoms with van der Waals surface area (Å²) < 4.78 is 18.5. The molecule has 3 aromatic rings. The minimum Gasteiger partial charge on any atom is -0.454 e. The number of hydrogen-bond acceptors (Lipinski definition) is 11. The number of amides is 1. The number of hydrogen-bond donors (Lipinski definition) is 3. The molecule has 2 aromatic heterocycles. The van der Waals surface area contributed by atoms with Crippen LogP contribution in [0, 0.1) is 0 Å². The second kappa shape index (κ2) is 13.3. The van der Waals surface area contributed by atoms with Crippen LogP contribution in [-0.2, 0) is 11.3 Å². The molecular weight excluding hydrogens is 532 g/mol. The lowest BCUT2D eigenvalue weighted by Gasteiger charge is -2.19. The van der Waals surface area contributed by atoms with Crippen molar-refractivity contribution in [3.63, 3.8) is 0 Å². The van der Waals surface area contributed by atoms with Crippen molar-refractivity contribution in [3.8, 4) is 11.5 Å². The summed E-state index contributed by atoms with van der Waals surface area (Å²) >= 11 is 1.54. The van der Waals surface area contributed by atoms with E-state index in [0.29, 0.717) is 30.1 Å². The monoisotopic (exact) mass is 572 g/mol. The highest BCUT2D eigenvalue weighted by Gasteiger charge is 2.22. The minimum absolute atomic E-state index is 0.218. The van der Waals surface area contributed by atoms with Crippen molar-refractivity contribution in [2.24, 2.45) is 0 Å². The summed E-state index contributed by atoms with van der Waals surface area (Å²) in [5.41, 5.74) is 7.98. The fourth-order valence-electron chi connectivity index (χ4n) is 4.20. The summed E-state index contributed by atoms with van der Waals surface area (Å²) in [4.78, 5) is 28.2. The van der Waals surface area contributed by atoms with Crippen LogP contribution in [0.1, 0.15) is 46.5 Å². The highest BCUT2D eigenvalue weighted by Crippen LogP contribution is 2.44. The average Bonchev–Trinajstić information content (AvgIpc) is 3.48. The van der Waals surface area contributed by atoms with Crippen molar-refractivity contribution >= 4 is 40.5 Å². The molecule has 12 nitrogen and oxygen atoms in total. The van der Waals surface area contributed by atoms with Gasteiger partial charge in [0.1, 0.15) is 11.9 Å². The lowest BCUT2D eigenvalue weighted by molar-refractivity contribution is 0.0527. The Hall–Kier alpha value is -3.45. The molecule has 0 spiro atoms. The second-order valence-electron chi connectivity index (χ2n) is 10.7. The third-order valence-electron chi connectivity index (χ3n) is 6.12. The molecule has 1 aliphatic rings. The van der Waals surface area contributed by atoms with Crippen LogP contribution in [-0.4, -0.2) is 71.7 Å². The number of carbonyl (C=O) groups excluding carboxylic acids is 1.